The van der Waals surface area contributed by atoms with Crippen molar-refractivity contribution in [1.82, 2.24) is 9.88 Å². The molecule has 20 heavy (non-hydrogen) atoms. The lowest BCUT2D eigenvalue weighted by atomic mass is 9.98. The summed E-state index contributed by atoms with van der Waals surface area (Å²) in [6.07, 6.45) is 4.63. The van der Waals surface area contributed by atoms with Crippen molar-refractivity contribution in [3.05, 3.63) is 38.5 Å². The molecule has 0 unspecified atom stereocenters. The zero-order valence-electron chi connectivity index (χ0n) is 11.5. The molecule has 0 bridgehead atoms. The van der Waals surface area contributed by atoms with Gasteiger partial charge in [-0.25, -0.2) is 4.98 Å². The number of thiophene rings is 1. The van der Waals surface area contributed by atoms with Crippen LogP contribution in [-0.4, -0.2) is 28.9 Å². The summed E-state index contributed by atoms with van der Waals surface area (Å²) in [6.45, 7) is 3.81. The fourth-order valence-electron chi connectivity index (χ4n) is 2.68. The van der Waals surface area contributed by atoms with Crippen molar-refractivity contribution in [1.29, 1.82) is 0 Å². The molecule has 0 radical (unpaired) electrons. The Labute approximate surface area is 127 Å². The average molecular weight is 306 g/mol. The van der Waals surface area contributed by atoms with Crippen LogP contribution >= 0.6 is 22.7 Å². The minimum atomic E-state index is 0.258. The van der Waals surface area contributed by atoms with E-state index in [9.17, 15) is 4.79 Å². The number of likely N-dealkylation sites (tertiary alicyclic amines) is 1. The Morgan fingerprint density at radius 3 is 3.10 bits per heavy atom. The Hall–Kier alpha value is -1.20. The summed E-state index contributed by atoms with van der Waals surface area (Å²) >= 11 is 3.42. The number of hydrogen-bond donors (Lipinski definition) is 0. The van der Waals surface area contributed by atoms with Gasteiger partial charge in [0.1, 0.15) is 0 Å². The van der Waals surface area contributed by atoms with Crippen LogP contribution in [0.5, 0.6) is 0 Å². The van der Waals surface area contributed by atoms with Gasteiger partial charge in [-0.3, -0.25) is 4.79 Å². The SMILES string of the molecule is Cc1ccc(CC(=O)N2CCC[C@H](c3nccs3)C2)s1. The maximum atomic E-state index is 12.4. The Morgan fingerprint density at radius 2 is 2.40 bits per heavy atom. The minimum absolute atomic E-state index is 0.258. The highest BCUT2D eigenvalue weighted by Crippen LogP contribution is 2.28. The van der Waals surface area contributed by atoms with Crippen molar-refractivity contribution in [3.8, 4) is 0 Å². The number of carbonyl (C=O) groups is 1. The number of carbonyl (C=O) groups excluding carboxylic acids is 1. The van der Waals surface area contributed by atoms with Crippen LogP contribution in [0.1, 0.15) is 33.5 Å². The molecule has 1 aliphatic rings. The molecule has 1 atom stereocenters. The van der Waals surface area contributed by atoms with E-state index in [1.54, 1.807) is 22.7 Å². The molecule has 1 amide bonds. The van der Waals surface area contributed by atoms with Crippen LogP contribution in [0, 0.1) is 6.92 Å². The molecule has 3 nitrogen and oxygen atoms in total. The smallest absolute Gasteiger partial charge is 0.227 e. The fraction of sp³-hybridized carbons (Fsp3) is 0.467. The highest BCUT2D eigenvalue weighted by Gasteiger charge is 2.26. The molecule has 0 N–H and O–H groups in total. The lowest BCUT2D eigenvalue weighted by molar-refractivity contribution is -0.131. The predicted octanol–water partition coefficient (Wildman–Crippen LogP) is 3.46. The van der Waals surface area contributed by atoms with Crippen molar-refractivity contribution in [2.24, 2.45) is 0 Å². The third-order valence-electron chi connectivity index (χ3n) is 3.70. The van der Waals surface area contributed by atoms with E-state index in [1.165, 1.54) is 14.8 Å². The van der Waals surface area contributed by atoms with Gasteiger partial charge in [-0.05, 0) is 31.9 Å². The third-order valence-corrected chi connectivity index (χ3v) is 5.63. The summed E-state index contributed by atoms with van der Waals surface area (Å²) in [4.78, 5) is 21.3. The van der Waals surface area contributed by atoms with E-state index in [2.05, 4.69) is 24.0 Å². The molecule has 2 aromatic heterocycles. The average Bonchev–Trinajstić information content (AvgIpc) is 3.11. The van der Waals surface area contributed by atoms with Gasteiger partial charge in [0.05, 0.1) is 11.4 Å². The van der Waals surface area contributed by atoms with Crippen molar-refractivity contribution in [3.63, 3.8) is 0 Å². The van der Waals surface area contributed by atoms with Gasteiger partial charge in [0.15, 0.2) is 0 Å². The van der Waals surface area contributed by atoms with Gasteiger partial charge in [-0.15, -0.1) is 22.7 Å². The molecule has 1 fully saturated rings. The molecule has 1 saturated heterocycles. The van der Waals surface area contributed by atoms with Gasteiger partial charge >= 0.3 is 0 Å². The Bertz CT molecular complexity index is 576. The molecule has 0 saturated carbocycles. The maximum absolute atomic E-state index is 12.4. The zero-order chi connectivity index (χ0) is 13.9. The van der Waals surface area contributed by atoms with Crippen LogP contribution in [-0.2, 0) is 11.2 Å². The molecule has 3 heterocycles. The van der Waals surface area contributed by atoms with Gasteiger partial charge in [0, 0.05) is 40.3 Å². The second-order valence-corrected chi connectivity index (χ2v) is 7.54. The molecular weight excluding hydrogens is 288 g/mol. The summed E-state index contributed by atoms with van der Waals surface area (Å²) < 4.78 is 0. The molecule has 3 rings (SSSR count). The first-order valence-electron chi connectivity index (χ1n) is 6.95. The largest absolute Gasteiger partial charge is 0.342 e. The number of piperidine rings is 1. The first-order valence-corrected chi connectivity index (χ1v) is 8.64. The van der Waals surface area contributed by atoms with Gasteiger partial charge in [-0.2, -0.15) is 0 Å². The lowest BCUT2D eigenvalue weighted by Gasteiger charge is -2.31. The van der Waals surface area contributed by atoms with E-state index in [0.717, 1.165) is 25.9 Å². The van der Waals surface area contributed by atoms with Crippen LogP contribution in [0.3, 0.4) is 0 Å². The van der Waals surface area contributed by atoms with Gasteiger partial charge in [-0.1, -0.05) is 0 Å². The summed E-state index contributed by atoms with van der Waals surface area (Å²) in [5.74, 6) is 0.686. The van der Waals surface area contributed by atoms with Crippen LogP contribution in [0.25, 0.3) is 0 Å². The number of nitrogens with zero attached hydrogens (tertiary/aromatic N) is 2. The number of hydrogen-bond acceptors (Lipinski definition) is 4. The quantitative estimate of drug-likeness (QED) is 0.870. The molecule has 0 aromatic carbocycles. The molecule has 5 heteroatoms. The molecular formula is C15H18N2OS2. The van der Waals surface area contributed by atoms with Gasteiger partial charge in [0.25, 0.3) is 0 Å². The van der Waals surface area contributed by atoms with Crippen LogP contribution in [0.15, 0.2) is 23.7 Å². The second kappa shape index (κ2) is 6.06. The second-order valence-electron chi connectivity index (χ2n) is 5.24. The van der Waals surface area contributed by atoms with Gasteiger partial charge < -0.3 is 4.90 Å². The predicted molar refractivity (Wildman–Crippen MR) is 83.4 cm³/mol. The summed E-state index contributed by atoms with van der Waals surface area (Å²) in [6, 6.07) is 4.15. The number of aromatic nitrogens is 1. The van der Waals surface area contributed by atoms with Crippen molar-refractivity contribution < 1.29 is 4.79 Å². The molecule has 0 spiro atoms. The van der Waals surface area contributed by atoms with Crippen molar-refractivity contribution in [2.45, 2.75) is 32.1 Å². The summed E-state index contributed by atoms with van der Waals surface area (Å²) in [5.41, 5.74) is 0. The van der Waals surface area contributed by atoms with E-state index in [1.807, 2.05) is 16.5 Å². The van der Waals surface area contributed by atoms with E-state index < -0.39 is 0 Å². The Balaban J connectivity index is 1.63. The van der Waals surface area contributed by atoms with E-state index in [0.29, 0.717) is 12.3 Å². The van der Waals surface area contributed by atoms with E-state index in [4.69, 9.17) is 0 Å². The topological polar surface area (TPSA) is 33.2 Å². The fourth-order valence-corrected chi connectivity index (χ4v) is 4.33. The van der Waals surface area contributed by atoms with Gasteiger partial charge in [0.2, 0.25) is 5.91 Å². The summed E-state index contributed by atoms with van der Waals surface area (Å²) in [7, 11) is 0. The van der Waals surface area contributed by atoms with E-state index >= 15 is 0 Å². The third kappa shape index (κ3) is 3.10. The maximum Gasteiger partial charge on any atom is 0.227 e. The van der Waals surface area contributed by atoms with Crippen molar-refractivity contribution >= 4 is 28.6 Å². The van der Waals surface area contributed by atoms with Crippen LogP contribution in [0.4, 0.5) is 0 Å². The molecule has 106 valence electrons. The molecule has 1 aliphatic heterocycles. The molecule has 0 aliphatic carbocycles. The first-order chi connectivity index (χ1) is 9.72. The van der Waals surface area contributed by atoms with Crippen molar-refractivity contribution in [2.75, 3.05) is 13.1 Å². The Morgan fingerprint density at radius 1 is 1.50 bits per heavy atom. The van der Waals surface area contributed by atoms with Crippen LogP contribution in [0.2, 0.25) is 0 Å². The monoisotopic (exact) mass is 306 g/mol. The minimum Gasteiger partial charge on any atom is -0.342 e. The number of amides is 1. The summed E-state index contributed by atoms with van der Waals surface area (Å²) in [5, 5.41) is 3.19. The standard InChI is InChI=1S/C15H18N2OS2/c1-11-4-5-13(20-11)9-14(18)17-7-2-3-12(10-17)15-16-6-8-19-15/h4-6,8,12H,2-3,7,9-10H2,1H3/t12-/m0/s1. The first kappa shape index (κ1) is 13.8. The van der Waals surface area contributed by atoms with E-state index in [-0.39, 0.29) is 5.91 Å². The number of thiazole rings is 1. The van der Waals surface area contributed by atoms with Crippen LogP contribution < -0.4 is 0 Å². The highest BCUT2D eigenvalue weighted by atomic mass is 32.1. The normalized spacial score (nSPS) is 19.2. The highest BCUT2D eigenvalue weighted by molar-refractivity contribution is 7.12. The number of aryl methyl sites for hydroxylation is 1. The number of rotatable bonds is 3. The lowest BCUT2D eigenvalue weighted by Crippen LogP contribution is -2.39. The zero-order valence-corrected chi connectivity index (χ0v) is 13.2. The molecule has 2 aromatic rings. The Kier molecular flexibility index (Phi) is 4.17.